The fourth-order valence-electron chi connectivity index (χ4n) is 2.37. The molecule has 114 valence electrons. The minimum Gasteiger partial charge on any atom is -0.497 e. The summed E-state index contributed by atoms with van der Waals surface area (Å²) in [5.41, 5.74) is 0.738. The molecule has 0 N–H and O–H groups in total. The Morgan fingerprint density at radius 1 is 1.43 bits per heavy atom. The first-order valence-electron chi connectivity index (χ1n) is 7.07. The molecule has 0 aliphatic carbocycles. The first-order chi connectivity index (χ1) is 10.0. The second-order valence-corrected chi connectivity index (χ2v) is 5.91. The van der Waals surface area contributed by atoms with Gasteiger partial charge in [-0.15, -0.1) is 11.6 Å². The summed E-state index contributed by atoms with van der Waals surface area (Å²) in [7, 11) is 1.63. The van der Waals surface area contributed by atoms with Crippen molar-refractivity contribution in [3.05, 3.63) is 23.8 Å². The molecule has 1 aromatic rings. The van der Waals surface area contributed by atoms with E-state index in [9.17, 15) is 0 Å². The van der Waals surface area contributed by atoms with Crippen LogP contribution in [0.4, 0.5) is 0 Å². The zero-order valence-corrected chi connectivity index (χ0v) is 13.5. The maximum atomic E-state index is 5.93. The minimum atomic E-state index is -0.0464. The van der Waals surface area contributed by atoms with Crippen LogP contribution in [-0.2, 0) is 4.74 Å². The first kappa shape index (κ1) is 16.0. The molecular weight excluding hydrogens is 288 g/mol. The van der Waals surface area contributed by atoms with Crippen LogP contribution in [0.3, 0.4) is 0 Å². The largest absolute Gasteiger partial charge is 0.497 e. The number of alkyl halides is 1. The lowest BCUT2D eigenvalue weighted by Crippen LogP contribution is -2.24. The van der Waals surface area contributed by atoms with Crippen molar-refractivity contribution >= 4 is 11.6 Å². The van der Waals surface area contributed by atoms with Gasteiger partial charge in [0, 0.05) is 0 Å². The van der Waals surface area contributed by atoms with Gasteiger partial charge in [0.2, 0.25) is 0 Å². The van der Waals surface area contributed by atoms with Crippen molar-refractivity contribution in [2.24, 2.45) is 0 Å². The topological polar surface area (TPSA) is 27.7 Å². The van der Waals surface area contributed by atoms with Gasteiger partial charge in [-0.25, -0.2) is 0 Å². The molecule has 3 nitrogen and oxygen atoms in total. The molecular formula is C17H21ClO3. The Balaban J connectivity index is 2.05. The molecule has 0 spiro atoms. The highest BCUT2D eigenvalue weighted by Gasteiger charge is 2.31. The number of benzene rings is 1. The number of halogens is 1. The summed E-state index contributed by atoms with van der Waals surface area (Å²) in [5, 5.41) is 0. The number of hydrogen-bond acceptors (Lipinski definition) is 3. The van der Waals surface area contributed by atoms with E-state index in [0.717, 1.165) is 29.9 Å². The Hall–Kier alpha value is -1.37. The highest BCUT2D eigenvalue weighted by Crippen LogP contribution is 2.30. The zero-order chi connectivity index (χ0) is 15.3. The summed E-state index contributed by atoms with van der Waals surface area (Å²) in [5.74, 6) is 7.62. The van der Waals surface area contributed by atoms with Crippen molar-refractivity contribution in [3.63, 3.8) is 0 Å². The summed E-state index contributed by atoms with van der Waals surface area (Å²) in [6.45, 7) is 4.75. The van der Waals surface area contributed by atoms with Crippen LogP contribution < -0.4 is 9.47 Å². The summed E-state index contributed by atoms with van der Waals surface area (Å²) in [4.78, 5) is 0. The molecule has 1 saturated heterocycles. The van der Waals surface area contributed by atoms with Crippen LogP contribution in [0.5, 0.6) is 11.5 Å². The van der Waals surface area contributed by atoms with Crippen molar-refractivity contribution in [1.29, 1.82) is 0 Å². The second-order valence-electron chi connectivity index (χ2n) is 5.65. The van der Waals surface area contributed by atoms with E-state index in [0.29, 0.717) is 6.61 Å². The van der Waals surface area contributed by atoms with E-state index < -0.39 is 0 Å². The molecule has 0 aromatic heterocycles. The van der Waals surface area contributed by atoms with E-state index in [1.54, 1.807) is 7.11 Å². The molecule has 1 heterocycles. The number of rotatable bonds is 4. The van der Waals surface area contributed by atoms with Crippen LogP contribution in [0.2, 0.25) is 0 Å². The smallest absolute Gasteiger partial charge is 0.135 e. The van der Waals surface area contributed by atoms with Crippen LogP contribution in [0.25, 0.3) is 0 Å². The van der Waals surface area contributed by atoms with E-state index in [4.69, 9.17) is 25.8 Å². The monoisotopic (exact) mass is 308 g/mol. The van der Waals surface area contributed by atoms with Gasteiger partial charge in [0.1, 0.15) is 18.1 Å². The third-order valence-corrected chi connectivity index (χ3v) is 3.59. The SMILES string of the molecule is COc1ccc(OCC2CCC(C)(C)O2)c(C#CCCl)c1. The molecule has 4 heteroatoms. The molecule has 2 rings (SSSR count). The average molecular weight is 309 g/mol. The van der Waals surface area contributed by atoms with E-state index >= 15 is 0 Å². The van der Waals surface area contributed by atoms with E-state index in [1.807, 2.05) is 18.2 Å². The Bertz CT molecular complexity index is 543. The minimum absolute atomic E-state index is 0.0464. The van der Waals surface area contributed by atoms with Crippen LogP contribution in [0.1, 0.15) is 32.3 Å². The van der Waals surface area contributed by atoms with Gasteiger partial charge in [0.15, 0.2) is 0 Å². The molecule has 21 heavy (non-hydrogen) atoms. The zero-order valence-electron chi connectivity index (χ0n) is 12.7. The van der Waals surface area contributed by atoms with Crippen LogP contribution in [0, 0.1) is 11.8 Å². The molecule has 0 bridgehead atoms. The fourth-order valence-corrected chi connectivity index (χ4v) is 2.43. The predicted molar refractivity (Wildman–Crippen MR) is 84.3 cm³/mol. The lowest BCUT2D eigenvalue weighted by atomic mass is 10.1. The van der Waals surface area contributed by atoms with Gasteiger partial charge in [-0.05, 0) is 44.9 Å². The molecule has 1 aromatic carbocycles. The van der Waals surface area contributed by atoms with E-state index in [1.165, 1.54) is 0 Å². The Morgan fingerprint density at radius 3 is 2.86 bits per heavy atom. The lowest BCUT2D eigenvalue weighted by molar-refractivity contribution is -0.0326. The highest BCUT2D eigenvalue weighted by molar-refractivity contribution is 6.19. The summed E-state index contributed by atoms with van der Waals surface area (Å²) in [6.07, 6.45) is 2.21. The lowest BCUT2D eigenvalue weighted by Gasteiger charge is -2.19. The fraction of sp³-hybridized carbons (Fsp3) is 0.529. The first-order valence-corrected chi connectivity index (χ1v) is 7.61. The van der Waals surface area contributed by atoms with Gasteiger partial charge >= 0.3 is 0 Å². The predicted octanol–water partition coefficient (Wildman–Crippen LogP) is 3.62. The van der Waals surface area contributed by atoms with Gasteiger partial charge in [-0.3, -0.25) is 0 Å². The van der Waals surface area contributed by atoms with Crippen molar-refractivity contribution in [2.75, 3.05) is 19.6 Å². The Labute approximate surface area is 131 Å². The van der Waals surface area contributed by atoms with Crippen molar-refractivity contribution in [1.82, 2.24) is 0 Å². The Morgan fingerprint density at radius 2 is 2.24 bits per heavy atom. The van der Waals surface area contributed by atoms with Crippen molar-refractivity contribution in [3.8, 4) is 23.3 Å². The van der Waals surface area contributed by atoms with Gasteiger partial charge in [0.05, 0.1) is 30.3 Å². The van der Waals surface area contributed by atoms with Gasteiger partial charge < -0.3 is 14.2 Å². The summed E-state index contributed by atoms with van der Waals surface area (Å²) in [6, 6.07) is 5.59. The maximum Gasteiger partial charge on any atom is 0.135 e. The normalized spacial score (nSPS) is 19.7. The van der Waals surface area contributed by atoms with E-state index in [-0.39, 0.29) is 17.6 Å². The summed E-state index contributed by atoms with van der Waals surface area (Å²) >= 11 is 5.62. The maximum absolute atomic E-state index is 5.93. The van der Waals surface area contributed by atoms with Crippen LogP contribution >= 0.6 is 11.6 Å². The highest BCUT2D eigenvalue weighted by atomic mass is 35.5. The molecule has 0 saturated carbocycles. The van der Waals surface area contributed by atoms with E-state index in [2.05, 4.69) is 25.7 Å². The molecule has 1 unspecified atom stereocenters. The molecule has 0 radical (unpaired) electrons. The van der Waals surface area contributed by atoms with Crippen molar-refractivity contribution < 1.29 is 14.2 Å². The van der Waals surface area contributed by atoms with Crippen molar-refractivity contribution in [2.45, 2.75) is 38.4 Å². The number of hydrogen-bond donors (Lipinski definition) is 0. The average Bonchev–Trinajstić information content (AvgIpc) is 2.82. The standard InChI is InChI=1S/C17H21ClO3/c1-17(2)9-8-15(21-17)12-20-16-7-6-14(19-3)11-13(16)5-4-10-18/h6-7,11,15H,8-10,12H2,1-3H3. The van der Waals surface area contributed by atoms with Gasteiger partial charge in [-0.1, -0.05) is 11.8 Å². The number of ether oxygens (including phenoxy) is 3. The molecule has 1 aliphatic heterocycles. The van der Waals surface area contributed by atoms with Gasteiger partial charge in [-0.2, -0.15) is 0 Å². The van der Waals surface area contributed by atoms with Gasteiger partial charge in [0.25, 0.3) is 0 Å². The summed E-state index contributed by atoms with van der Waals surface area (Å²) < 4.78 is 17.0. The molecule has 0 amide bonds. The van der Waals surface area contributed by atoms with Crippen LogP contribution in [-0.4, -0.2) is 31.3 Å². The third-order valence-electron chi connectivity index (χ3n) is 3.46. The Kier molecular flexibility index (Phi) is 5.39. The molecule has 1 aliphatic rings. The quantitative estimate of drug-likeness (QED) is 0.628. The molecule has 1 atom stereocenters. The van der Waals surface area contributed by atoms with Crippen LogP contribution in [0.15, 0.2) is 18.2 Å². The number of methoxy groups -OCH3 is 1. The molecule has 1 fully saturated rings. The second kappa shape index (κ2) is 7.06. The third kappa shape index (κ3) is 4.56.